The highest BCUT2D eigenvalue weighted by Gasteiger charge is 2.17. The molecule has 0 aliphatic carbocycles. The van der Waals surface area contributed by atoms with E-state index in [4.69, 9.17) is 5.73 Å². The molecule has 0 fully saturated rings. The van der Waals surface area contributed by atoms with E-state index in [9.17, 15) is 13.2 Å². The van der Waals surface area contributed by atoms with Gasteiger partial charge in [-0.25, -0.2) is 8.42 Å². The summed E-state index contributed by atoms with van der Waals surface area (Å²) < 4.78 is 21.9. The van der Waals surface area contributed by atoms with E-state index in [1.165, 1.54) is 18.1 Å². The lowest BCUT2D eigenvalue weighted by Crippen LogP contribution is -2.32. The largest absolute Gasteiger partial charge is 0.396 e. The van der Waals surface area contributed by atoms with Crippen molar-refractivity contribution < 1.29 is 13.2 Å². The zero-order valence-corrected chi connectivity index (χ0v) is 9.91. The number of nitrogen functional groups attached to an aromatic ring is 1. The van der Waals surface area contributed by atoms with Gasteiger partial charge in [0.05, 0.1) is 17.6 Å². The predicted molar refractivity (Wildman–Crippen MR) is 59.7 cm³/mol. The lowest BCUT2D eigenvalue weighted by Gasteiger charge is -2.15. The summed E-state index contributed by atoms with van der Waals surface area (Å²) in [6, 6.07) is 0. The Balaban J connectivity index is 2.66. The van der Waals surface area contributed by atoms with E-state index in [0.717, 1.165) is 6.26 Å². The van der Waals surface area contributed by atoms with E-state index < -0.39 is 9.84 Å². The topological polar surface area (TPSA) is 109 Å². The Morgan fingerprint density at radius 1 is 1.62 bits per heavy atom. The molecular weight excluding hydrogens is 232 g/mol. The van der Waals surface area contributed by atoms with Gasteiger partial charge in [-0.15, -0.1) is 0 Å². The van der Waals surface area contributed by atoms with Gasteiger partial charge in [-0.05, 0) is 0 Å². The third kappa shape index (κ3) is 3.23. The molecule has 0 aliphatic heterocycles. The predicted octanol–water partition coefficient (Wildman–Crippen LogP) is -0.891. The molecule has 0 aromatic carbocycles. The van der Waals surface area contributed by atoms with Gasteiger partial charge in [-0.2, -0.15) is 5.10 Å². The van der Waals surface area contributed by atoms with E-state index >= 15 is 0 Å². The molecular formula is C8H14N4O3S. The van der Waals surface area contributed by atoms with Crippen molar-refractivity contribution in [2.75, 3.05) is 31.3 Å². The SMILES string of the molecule is CN(CCS(C)(=O)=O)C(=O)c1[nH]ncc1N. The second-order valence-electron chi connectivity index (χ2n) is 3.56. The van der Waals surface area contributed by atoms with Crippen LogP contribution in [0.25, 0.3) is 0 Å². The van der Waals surface area contributed by atoms with E-state index in [-0.39, 0.29) is 29.6 Å². The number of amides is 1. The first-order valence-corrected chi connectivity index (χ1v) is 6.59. The normalized spacial score (nSPS) is 11.4. The highest BCUT2D eigenvalue weighted by atomic mass is 32.2. The first-order valence-electron chi connectivity index (χ1n) is 4.53. The van der Waals surface area contributed by atoms with E-state index in [1.54, 1.807) is 0 Å². The molecule has 0 bridgehead atoms. The Labute approximate surface area is 93.5 Å². The van der Waals surface area contributed by atoms with Crippen LogP contribution in [0.3, 0.4) is 0 Å². The number of carbonyl (C=O) groups is 1. The van der Waals surface area contributed by atoms with Crippen molar-refractivity contribution >= 4 is 21.4 Å². The fourth-order valence-electron chi connectivity index (χ4n) is 1.06. The summed E-state index contributed by atoms with van der Waals surface area (Å²) >= 11 is 0. The average molecular weight is 246 g/mol. The molecule has 0 unspecified atom stereocenters. The molecule has 1 aromatic rings. The number of nitrogens with two attached hydrogens (primary N) is 1. The highest BCUT2D eigenvalue weighted by Crippen LogP contribution is 2.08. The first kappa shape index (κ1) is 12.5. The third-order valence-electron chi connectivity index (χ3n) is 2.03. The number of H-pyrrole nitrogens is 1. The minimum absolute atomic E-state index is 0.0801. The number of aromatic nitrogens is 2. The van der Waals surface area contributed by atoms with Crippen molar-refractivity contribution in [2.24, 2.45) is 0 Å². The van der Waals surface area contributed by atoms with E-state index in [2.05, 4.69) is 10.2 Å². The van der Waals surface area contributed by atoms with Crippen LogP contribution in [-0.2, 0) is 9.84 Å². The van der Waals surface area contributed by atoms with E-state index in [0.29, 0.717) is 0 Å². The molecule has 0 atom stereocenters. The maximum atomic E-state index is 11.7. The first-order chi connectivity index (χ1) is 7.31. The summed E-state index contributed by atoms with van der Waals surface area (Å²) in [5.74, 6) is -0.456. The van der Waals surface area contributed by atoms with Crippen molar-refractivity contribution in [1.82, 2.24) is 15.1 Å². The zero-order valence-electron chi connectivity index (χ0n) is 9.10. The number of hydrogen-bond donors (Lipinski definition) is 2. The summed E-state index contributed by atoms with van der Waals surface area (Å²) in [6.45, 7) is 0.121. The maximum absolute atomic E-state index is 11.7. The van der Waals surface area contributed by atoms with Gasteiger partial charge >= 0.3 is 0 Å². The average Bonchev–Trinajstić information content (AvgIpc) is 2.58. The number of nitrogens with one attached hydrogen (secondary N) is 1. The van der Waals surface area contributed by atoms with Crippen LogP contribution in [0, 0.1) is 0 Å². The summed E-state index contributed by atoms with van der Waals surface area (Å²) in [7, 11) is -1.57. The van der Waals surface area contributed by atoms with Gasteiger partial charge in [0.1, 0.15) is 15.5 Å². The van der Waals surface area contributed by atoms with Crippen LogP contribution in [0.1, 0.15) is 10.5 Å². The Bertz CT molecular complexity index is 479. The van der Waals surface area contributed by atoms with Crippen LogP contribution in [0.2, 0.25) is 0 Å². The smallest absolute Gasteiger partial charge is 0.273 e. The molecule has 90 valence electrons. The second-order valence-corrected chi connectivity index (χ2v) is 5.82. The lowest BCUT2D eigenvalue weighted by molar-refractivity contribution is 0.0798. The number of anilines is 1. The number of nitrogens with zero attached hydrogens (tertiary/aromatic N) is 2. The van der Waals surface area contributed by atoms with Crippen LogP contribution < -0.4 is 5.73 Å². The van der Waals surface area contributed by atoms with Crippen LogP contribution >= 0.6 is 0 Å². The quantitative estimate of drug-likeness (QED) is 0.716. The molecule has 16 heavy (non-hydrogen) atoms. The molecule has 0 saturated carbocycles. The molecule has 1 amide bonds. The standard InChI is InChI=1S/C8H14N4O3S/c1-12(3-4-16(2,14)15)8(13)7-6(9)5-10-11-7/h5H,3-4,9H2,1-2H3,(H,10,11). The van der Waals surface area contributed by atoms with Crippen molar-refractivity contribution in [1.29, 1.82) is 0 Å². The van der Waals surface area contributed by atoms with Crippen LogP contribution in [0.15, 0.2) is 6.20 Å². The maximum Gasteiger partial charge on any atom is 0.273 e. The molecule has 0 aliphatic rings. The Morgan fingerprint density at radius 3 is 2.69 bits per heavy atom. The number of aromatic amines is 1. The van der Waals surface area contributed by atoms with Gasteiger partial charge in [0.15, 0.2) is 0 Å². The van der Waals surface area contributed by atoms with Crippen LogP contribution in [0.5, 0.6) is 0 Å². The summed E-state index contributed by atoms with van der Waals surface area (Å²) in [6.07, 6.45) is 2.45. The van der Waals surface area contributed by atoms with E-state index in [1.807, 2.05) is 0 Å². The fourth-order valence-corrected chi connectivity index (χ4v) is 1.67. The molecule has 3 N–H and O–H groups in total. The molecule has 8 heteroatoms. The van der Waals surface area contributed by atoms with Crippen molar-refractivity contribution in [3.63, 3.8) is 0 Å². The molecule has 7 nitrogen and oxygen atoms in total. The highest BCUT2D eigenvalue weighted by molar-refractivity contribution is 7.90. The van der Waals surface area contributed by atoms with Gasteiger partial charge in [0, 0.05) is 19.8 Å². The number of sulfone groups is 1. The van der Waals surface area contributed by atoms with Crippen molar-refractivity contribution in [2.45, 2.75) is 0 Å². The minimum atomic E-state index is -3.08. The molecule has 0 saturated heterocycles. The fraction of sp³-hybridized carbons (Fsp3) is 0.500. The van der Waals surface area contributed by atoms with Gasteiger partial charge < -0.3 is 10.6 Å². The number of hydrogen-bond acceptors (Lipinski definition) is 5. The Hall–Kier alpha value is -1.57. The third-order valence-corrected chi connectivity index (χ3v) is 2.95. The zero-order chi connectivity index (χ0) is 12.3. The van der Waals surface area contributed by atoms with Gasteiger partial charge in [0.25, 0.3) is 5.91 Å². The summed E-state index contributed by atoms with van der Waals surface area (Å²) in [5, 5.41) is 6.09. The number of rotatable bonds is 4. The van der Waals surface area contributed by atoms with Gasteiger partial charge in [-0.1, -0.05) is 0 Å². The Kier molecular flexibility index (Phi) is 3.53. The minimum Gasteiger partial charge on any atom is -0.396 e. The Morgan fingerprint density at radius 2 is 2.25 bits per heavy atom. The second kappa shape index (κ2) is 4.52. The van der Waals surface area contributed by atoms with Crippen LogP contribution in [0.4, 0.5) is 5.69 Å². The summed E-state index contributed by atoms with van der Waals surface area (Å²) in [4.78, 5) is 13.0. The molecule has 0 radical (unpaired) electrons. The monoisotopic (exact) mass is 246 g/mol. The van der Waals surface area contributed by atoms with Crippen LogP contribution in [-0.4, -0.2) is 55.0 Å². The van der Waals surface area contributed by atoms with Gasteiger partial charge in [0.2, 0.25) is 0 Å². The number of carbonyl (C=O) groups excluding carboxylic acids is 1. The van der Waals surface area contributed by atoms with Crippen molar-refractivity contribution in [3.05, 3.63) is 11.9 Å². The van der Waals surface area contributed by atoms with Gasteiger partial charge in [-0.3, -0.25) is 9.89 Å². The molecule has 0 spiro atoms. The molecule has 1 aromatic heterocycles. The molecule has 1 rings (SSSR count). The summed E-state index contributed by atoms with van der Waals surface area (Å²) in [5.41, 5.74) is 5.93. The lowest BCUT2D eigenvalue weighted by atomic mass is 10.3. The van der Waals surface area contributed by atoms with Crippen molar-refractivity contribution in [3.8, 4) is 0 Å². The molecule has 1 heterocycles.